The van der Waals surface area contributed by atoms with E-state index in [1.54, 1.807) is 0 Å². The fraction of sp³-hybridized carbons (Fsp3) is 0.250. The number of aliphatic hydroxyl groups is 1. The van der Waals surface area contributed by atoms with Crippen LogP contribution < -0.4 is 10.6 Å². The van der Waals surface area contributed by atoms with Gasteiger partial charge in [-0.05, 0) is 29.1 Å². The minimum absolute atomic E-state index is 0.0367. The van der Waals surface area contributed by atoms with E-state index < -0.39 is 35.7 Å². The Balaban J connectivity index is 2.14. The summed E-state index contributed by atoms with van der Waals surface area (Å²) in [5.41, 5.74) is -3.51. The van der Waals surface area contributed by atoms with E-state index in [1.807, 2.05) is 0 Å². The highest BCUT2D eigenvalue weighted by Gasteiger charge is 2.66. The molecule has 0 spiro atoms. The van der Waals surface area contributed by atoms with Crippen molar-refractivity contribution in [3.8, 4) is 0 Å². The van der Waals surface area contributed by atoms with Gasteiger partial charge in [0.25, 0.3) is 0 Å². The van der Waals surface area contributed by atoms with Gasteiger partial charge in [0.05, 0.1) is 10.9 Å². The number of ketones is 1. The Bertz CT molecular complexity index is 826. The molecule has 26 heavy (non-hydrogen) atoms. The summed E-state index contributed by atoms with van der Waals surface area (Å²) < 4.78 is 40.9. The molecule has 2 aromatic rings. The number of urea groups is 1. The van der Waals surface area contributed by atoms with Gasteiger partial charge in [-0.25, -0.2) is 4.79 Å². The zero-order chi connectivity index (χ0) is 19.1. The largest absolute Gasteiger partial charge is 0.437 e. The van der Waals surface area contributed by atoms with Crippen LogP contribution in [0.1, 0.15) is 21.3 Å². The van der Waals surface area contributed by atoms with Gasteiger partial charge in [0.1, 0.15) is 5.92 Å². The first-order valence-corrected chi connectivity index (χ1v) is 8.60. The predicted molar refractivity (Wildman–Crippen MR) is 89.0 cm³/mol. The van der Waals surface area contributed by atoms with Crippen LogP contribution >= 0.6 is 22.9 Å². The fourth-order valence-electron chi connectivity index (χ4n) is 2.86. The van der Waals surface area contributed by atoms with E-state index in [9.17, 15) is 27.9 Å². The second kappa shape index (κ2) is 6.57. The Morgan fingerprint density at radius 1 is 1.23 bits per heavy atom. The molecule has 1 aliphatic heterocycles. The number of benzene rings is 1. The number of alkyl halides is 3. The summed E-state index contributed by atoms with van der Waals surface area (Å²) >= 11 is 6.74. The summed E-state index contributed by atoms with van der Waals surface area (Å²) in [6.45, 7) is 0. The molecule has 138 valence electrons. The van der Waals surface area contributed by atoms with E-state index >= 15 is 0 Å². The monoisotopic (exact) mass is 404 g/mol. The van der Waals surface area contributed by atoms with E-state index in [0.29, 0.717) is 5.02 Å². The predicted octanol–water partition coefficient (Wildman–Crippen LogP) is 3.51. The highest BCUT2D eigenvalue weighted by Crippen LogP contribution is 2.44. The lowest BCUT2D eigenvalue weighted by atomic mass is 9.78. The minimum Gasteiger partial charge on any atom is -0.363 e. The molecule has 1 aromatic carbocycles. The number of amides is 2. The first-order chi connectivity index (χ1) is 12.1. The SMILES string of the molecule is O=C1N[C@H](c2ccc(Cl)cc2)[C@H](C(=O)c2cccs2)[C@@](O)(C(F)(F)F)N1. The molecule has 1 saturated heterocycles. The third-order valence-corrected chi connectivity index (χ3v) is 5.22. The molecule has 2 amide bonds. The summed E-state index contributed by atoms with van der Waals surface area (Å²) in [6, 6.07) is 5.86. The van der Waals surface area contributed by atoms with Gasteiger partial charge in [-0.2, -0.15) is 13.2 Å². The normalized spacial score (nSPS) is 26.1. The Morgan fingerprint density at radius 3 is 2.42 bits per heavy atom. The van der Waals surface area contributed by atoms with Crippen LogP contribution in [-0.2, 0) is 0 Å². The number of hydrogen-bond acceptors (Lipinski definition) is 4. The van der Waals surface area contributed by atoms with Crippen LogP contribution in [0.3, 0.4) is 0 Å². The van der Waals surface area contributed by atoms with Crippen molar-refractivity contribution in [2.75, 3.05) is 0 Å². The minimum atomic E-state index is -5.27. The van der Waals surface area contributed by atoms with E-state index in [1.165, 1.54) is 47.1 Å². The van der Waals surface area contributed by atoms with Crippen molar-refractivity contribution in [2.45, 2.75) is 17.9 Å². The summed E-state index contributed by atoms with van der Waals surface area (Å²) in [7, 11) is 0. The molecule has 3 atom stereocenters. The lowest BCUT2D eigenvalue weighted by Gasteiger charge is -2.44. The molecule has 0 saturated carbocycles. The van der Waals surface area contributed by atoms with E-state index in [-0.39, 0.29) is 10.4 Å². The Kier molecular flexibility index (Phi) is 4.72. The molecule has 0 bridgehead atoms. The summed E-state index contributed by atoms with van der Waals surface area (Å²) in [4.78, 5) is 24.7. The smallest absolute Gasteiger partial charge is 0.363 e. The average Bonchev–Trinajstić information content (AvgIpc) is 3.08. The van der Waals surface area contributed by atoms with Crippen LogP contribution in [-0.4, -0.2) is 28.8 Å². The number of halogens is 4. The zero-order valence-electron chi connectivity index (χ0n) is 12.9. The maximum atomic E-state index is 13.6. The molecule has 10 heteroatoms. The number of rotatable bonds is 3. The van der Waals surface area contributed by atoms with Gasteiger partial charge >= 0.3 is 12.2 Å². The molecule has 0 unspecified atom stereocenters. The van der Waals surface area contributed by atoms with Crippen molar-refractivity contribution >= 4 is 34.8 Å². The third-order valence-electron chi connectivity index (χ3n) is 4.08. The molecule has 0 radical (unpaired) electrons. The number of nitrogens with one attached hydrogen (secondary N) is 2. The quantitative estimate of drug-likeness (QED) is 0.685. The van der Waals surface area contributed by atoms with Gasteiger partial charge in [-0.3, -0.25) is 4.79 Å². The van der Waals surface area contributed by atoms with Gasteiger partial charge < -0.3 is 15.7 Å². The molecular weight excluding hydrogens is 393 g/mol. The van der Waals surface area contributed by atoms with Crippen LogP contribution in [0.4, 0.5) is 18.0 Å². The van der Waals surface area contributed by atoms with Crippen molar-refractivity contribution in [1.82, 2.24) is 10.6 Å². The van der Waals surface area contributed by atoms with Gasteiger partial charge in [0.15, 0.2) is 5.78 Å². The van der Waals surface area contributed by atoms with Crippen LogP contribution in [0, 0.1) is 5.92 Å². The molecule has 0 aliphatic carbocycles. The Labute approximate surface area is 154 Å². The van der Waals surface area contributed by atoms with E-state index in [2.05, 4.69) is 5.32 Å². The van der Waals surface area contributed by atoms with Crippen LogP contribution in [0.25, 0.3) is 0 Å². The molecular formula is C16H12ClF3N2O3S. The van der Waals surface area contributed by atoms with Crippen molar-refractivity contribution < 1.29 is 27.9 Å². The Morgan fingerprint density at radius 2 is 1.88 bits per heavy atom. The number of carbonyl (C=O) groups is 2. The van der Waals surface area contributed by atoms with E-state index in [4.69, 9.17) is 11.6 Å². The van der Waals surface area contributed by atoms with Crippen LogP contribution in [0.15, 0.2) is 41.8 Å². The highest BCUT2D eigenvalue weighted by molar-refractivity contribution is 7.12. The summed E-state index contributed by atoms with van der Waals surface area (Å²) in [5, 5.41) is 16.0. The van der Waals surface area contributed by atoms with Gasteiger partial charge in [0, 0.05) is 5.02 Å². The second-order valence-corrected chi connectivity index (χ2v) is 7.10. The second-order valence-electron chi connectivity index (χ2n) is 5.71. The molecule has 1 aromatic heterocycles. The van der Waals surface area contributed by atoms with Gasteiger partial charge in [0.2, 0.25) is 5.72 Å². The lowest BCUT2D eigenvalue weighted by Crippen LogP contribution is -2.72. The van der Waals surface area contributed by atoms with Crippen molar-refractivity contribution in [1.29, 1.82) is 0 Å². The first kappa shape index (κ1) is 18.7. The summed E-state index contributed by atoms with van der Waals surface area (Å²) in [5.74, 6) is -2.97. The van der Waals surface area contributed by atoms with Crippen LogP contribution in [0.5, 0.6) is 0 Å². The lowest BCUT2D eigenvalue weighted by molar-refractivity contribution is -0.287. The number of Topliss-reactive ketones (excluding diaryl/α,β-unsaturated/α-hetero) is 1. The molecule has 2 heterocycles. The van der Waals surface area contributed by atoms with E-state index in [0.717, 1.165) is 11.3 Å². The van der Waals surface area contributed by atoms with Crippen molar-refractivity contribution in [2.24, 2.45) is 5.92 Å². The number of hydrogen-bond donors (Lipinski definition) is 3. The maximum absolute atomic E-state index is 13.6. The number of carbonyl (C=O) groups excluding carboxylic acids is 2. The highest BCUT2D eigenvalue weighted by atomic mass is 35.5. The molecule has 3 N–H and O–H groups in total. The third kappa shape index (κ3) is 3.17. The Hall–Kier alpha value is -2.10. The maximum Gasteiger partial charge on any atom is 0.437 e. The van der Waals surface area contributed by atoms with Gasteiger partial charge in [-0.1, -0.05) is 29.8 Å². The fourth-order valence-corrected chi connectivity index (χ4v) is 3.69. The topological polar surface area (TPSA) is 78.4 Å². The first-order valence-electron chi connectivity index (χ1n) is 7.34. The molecule has 1 aliphatic rings. The average molecular weight is 405 g/mol. The molecule has 1 fully saturated rings. The zero-order valence-corrected chi connectivity index (χ0v) is 14.5. The standard InChI is InChI=1S/C16H12ClF3N2O3S/c17-9-5-3-8(4-6-9)12-11(13(23)10-2-1-7-26-10)15(25,16(18,19)20)22-14(24)21-12/h1-7,11-12,25H,(H2,21,22,24)/t11-,12-,15-/m1/s1. The molecule has 5 nitrogen and oxygen atoms in total. The van der Waals surface area contributed by atoms with Crippen molar-refractivity contribution in [3.05, 3.63) is 57.2 Å². The molecule has 3 rings (SSSR count). The van der Waals surface area contributed by atoms with Crippen LogP contribution in [0.2, 0.25) is 5.02 Å². The number of thiophene rings is 1. The summed E-state index contributed by atoms with van der Waals surface area (Å²) in [6.07, 6.45) is -5.27. The van der Waals surface area contributed by atoms with Gasteiger partial charge in [-0.15, -0.1) is 11.3 Å². The van der Waals surface area contributed by atoms with Crippen molar-refractivity contribution in [3.63, 3.8) is 0 Å².